The van der Waals surface area contributed by atoms with E-state index in [4.69, 9.17) is 77.0 Å². The van der Waals surface area contributed by atoms with Gasteiger partial charge in [0.15, 0.2) is 6.29 Å². The van der Waals surface area contributed by atoms with Gasteiger partial charge in [-0.3, -0.25) is 27.3 Å². The number of rotatable bonds is 5. The Morgan fingerprint density at radius 1 is 0.615 bits per heavy atom. The van der Waals surface area contributed by atoms with E-state index in [9.17, 15) is 30.6 Å². The van der Waals surface area contributed by atoms with Crippen molar-refractivity contribution < 1.29 is 108 Å². The fourth-order valence-corrected chi connectivity index (χ4v) is 2.63. The Kier molecular flexibility index (Phi) is 20.9. The van der Waals surface area contributed by atoms with E-state index in [0.29, 0.717) is 0 Å². The van der Waals surface area contributed by atoms with Gasteiger partial charge in [0.2, 0.25) is 5.79 Å². The third-order valence-corrected chi connectivity index (χ3v) is 4.07. The van der Waals surface area contributed by atoms with Crippen LogP contribution in [-0.2, 0) is 45.4 Å². The smallest absolute Gasteiger partial charge is 0.394 e. The summed E-state index contributed by atoms with van der Waals surface area (Å²) >= 11 is 0. The number of aliphatic hydroxyl groups excluding tert-OH is 8. The zero-order chi connectivity index (χ0) is 30.9. The van der Waals surface area contributed by atoms with Gasteiger partial charge in [-0.05, 0) is 0 Å². The Labute approximate surface area is 260 Å². The van der Waals surface area contributed by atoms with Crippen LogP contribution in [-0.4, -0.2) is 217 Å². The van der Waals surface area contributed by atoms with E-state index in [0.717, 1.165) is 0 Å². The fourth-order valence-electron chi connectivity index (χ4n) is 2.63. The zero-order valence-corrected chi connectivity index (χ0v) is 26.0. The van der Waals surface area contributed by atoms with Crippen LogP contribution in [0.4, 0.5) is 0 Å². The Morgan fingerprint density at radius 3 is 1.26 bits per heavy atom. The van der Waals surface area contributed by atoms with Crippen molar-refractivity contribution in [1.29, 1.82) is 0 Å². The summed E-state index contributed by atoms with van der Waals surface area (Å²) in [6.07, 6.45) is -12.7. The molecule has 2 aliphatic heterocycles. The molecule has 2 fully saturated rings. The van der Waals surface area contributed by atoms with Gasteiger partial charge in [0.05, 0.1) is 13.2 Å². The summed E-state index contributed by atoms with van der Waals surface area (Å²) in [6, 6.07) is 0. The first-order chi connectivity index (χ1) is 16.8. The molecule has 27 heteroatoms. The van der Waals surface area contributed by atoms with Crippen LogP contribution in [0.25, 0.3) is 0 Å². The maximum absolute atomic E-state index is 10.00. The Bertz CT molecular complexity index is 906. The molecular formula is C12H28BaO23S3. The van der Waals surface area contributed by atoms with Gasteiger partial charge < -0.3 is 55.1 Å². The van der Waals surface area contributed by atoms with E-state index >= 15 is 0 Å². The molecule has 0 amide bonds. The fraction of sp³-hybridized carbons (Fsp3) is 1.00. The molecule has 2 heterocycles. The summed E-state index contributed by atoms with van der Waals surface area (Å²) in [7, 11) is -14.0. The van der Waals surface area contributed by atoms with Crippen LogP contribution < -0.4 is 0 Å². The number of hydrogen-bond acceptors (Lipinski definition) is 17. The van der Waals surface area contributed by atoms with Gasteiger partial charge >= 0.3 is 31.2 Å². The second kappa shape index (κ2) is 18.4. The van der Waals surface area contributed by atoms with Crippen LogP contribution in [0.5, 0.6) is 0 Å². The largest absolute Gasteiger partial charge is 0.394 e. The van der Waals surface area contributed by atoms with Crippen LogP contribution >= 0.6 is 0 Å². The van der Waals surface area contributed by atoms with Crippen molar-refractivity contribution in [1.82, 2.24) is 0 Å². The molecule has 0 aromatic rings. The minimum Gasteiger partial charge on any atom is -0.394 e. The Hall–Kier alpha value is 0.741. The maximum atomic E-state index is 10.00. The molecule has 234 valence electrons. The molecule has 0 aromatic heterocycles. The molecule has 14 N–H and O–H groups in total. The molecule has 2 saturated heterocycles. The average molecular weight is 774 g/mol. The summed E-state index contributed by atoms with van der Waals surface area (Å²) in [5, 5.41) is 76.7. The number of hydrogen-bond donors (Lipinski definition) is 14. The van der Waals surface area contributed by atoms with Gasteiger partial charge in [-0.15, -0.1) is 0 Å². The van der Waals surface area contributed by atoms with Crippen molar-refractivity contribution in [2.75, 3.05) is 19.8 Å². The monoisotopic (exact) mass is 774 g/mol. The van der Waals surface area contributed by atoms with Crippen LogP contribution in [0, 0.1) is 0 Å². The quantitative estimate of drug-likeness (QED) is 0.0911. The number of aliphatic hydroxyl groups is 8. The van der Waals surface area contributed by atoms with Crippen LogP contribution in [0.2, 0.25) is 0 Å². The second-order valence-electron chi connectivity index (χ2n) is 6.90. The number of ether oxygens (including phenoxy) is 3. The van der Waals surface area contributed by atoms with Gasteiger partial charge in [0.25, 0.3) is 0 Å². The standard InChI is InChI=1S/C12H22O11.Ba.3H2O4S/c13-1-4-6(16)8(18)9(19)11(21-4)23-12(3-15)10(20)7(17)5(2-14)22-12;;3*1-5(2,3)4/h4-11,13-20H,1-3H2;;3*(H2,1,2,3,4)/t4-,5-,6-,7-,8+,9-,10+,11-,12+;;;;/m1..../s1. The molecule has 0 aromatic carbocycles. The van der Waals surface area contributed by atoms with E-state index < -0.39 is 106 Å². The Morgan fingerprint density at radius 2 is 0.974 bits per heavy atom. The third kappa shape index (κ3) is 19.5. The van der Waals surface area contributed by atoms with Gasteiger partial charge in [0.1, 0.15) is 49.3 Å². The SMILES string of the molecule is O=S(=O)(O)O.O=S(=O)(O)O.O=S(=O)(O)O.OC[C@H]1O[C@@](CO)(O[C@H]2O[C@H](CO)[C@@H](O)[C@H](O)[C@H]2O)[C@@H](O)[C@@H]1O.[Ba]. The van der Waals surface area contributed by atoms with Crippen molar-refractivity contribution in [3.05, 3.63) is 0 Å². The summed E-state index contributed by atoms with van der Waals surface area (Å²) in [6.45, 7) is -2.32. The van der Waals surface area contributed by atoms with Crippen molar-refractivity contribution in [2.45, 2.75) is 54.8 Å². The van der Waals surface area contributed by atoms with E-state index in [1.807, 2.05) is 0 Å². The summed E-state index contributed by atoms with van der Waals surface area (Å²) < 4.78 is 110. The molecule has 0 spiro atoms. The molecule has 2 radical (unpaired) electrons. The molecule has 23 nitrogen and oxygen atoms in total. The molecule has 0 aliphatic carbocycles. The zero-order valence-electron chi connectivity index (χ0n) is 19.1. The minimum absolute atomic E-state index is 0. The molecule has 2 aliphatic rings. The minimum atomic E-state index is -4.67. The Balaban J connectivity index is -0.000000667. The third-order valence-electron chi connectivity index (χ3n) is 4.07. The van der Waals surface area contributed by atoms with Gasteiger partial charge in [-0.25, -0.2) is 0 Å². The van der Waals surface area contributed by atoms with E-state index in [-0.39, 0.29) is 48.9 Å². The first kappa shape index (κ1) is 44.2. The van der Waals surface area contributed by atoms with Crippen LogP contribution in [0.1, 0.15) is 0 Å². The van der Waals surface area contributed by atoms with Gasteiger partial charge in [-0.1, -0.05) is 0 Å². The second-order valence-corrected chi connectivity index (χ2v) is 9.59. The summed E-state index contributed by atoms with van der Waals surface area (Å²) in [4.78, 5) is 0. The van der Waals surface area contributed by atoms with E-state index in [2.05, 4.69) is 0 Å². The van der Waals surface area contributed by atoms with Crippen molar-refractivity contribution in [2.24, 2.45) is 0 Å². The summed E-state index contributed by atoms with van der Waals surface area (Å²) in [5.41, 5.74) is 0. The predicted molar refractivity (Wildman–Crippen MR) is 117 cm³/mol. The van der Waals surface area contributed by atoms with Gasteiger partial charge in [0, 0.05) is 48.9 Å². The first-order valence-corrected chi connectivity index (χ1v) is 13.3. The van der Waals surface area contributed by atoms with Crippen molar-refractivity contribution in [3.63, 3.8) is 0 Å². The van der Waals surface area contributed by atoms with Crippen molar-refractivity contribution >= 4 is 80.1 Å². The maximum Gasteiger partial charge on any atom is 0.394 e. The average Bonchev–Trinajstić information content (AvgIpc) is 2.95. The molecule has 0 bridgehead atoms. The van der Waals surface area contributed by atoms with Gasteiger partial charge in [-0.2, -0.15) is 25.3 Å². The van der Waals surface area contributed by atoms with E-state index in [1.54, 1.807) is 0 Å². The first-order valence-electron chi connectivity index (χ1n) is 9.14. The van der Waals surface area contributed by atoms with E-state index in [1.165, 1.54) is 0 Å². The molecule has 9 atom stereocenters. The molecular weight excluding hydrogens is 746 g/mol. The normalized spacial score (nSPS) is 34.6. The molecule has 0 unspecified atom stereocenters. The van der Waals surface area contributed by atoms with Crippen LogP contribution in [0.3, 0.4) is 0 Å². The summed E-state index contributed by atoms with van der Waals surface area (Å²) in [5.74, 6) is -2.22. The van der Waals surface area contributed by atoms with Crippen molar-refractivity contribution in [3.8, 4) is 0 Å². The molecule has 2 rings (SSSR count). The molecule has 39 heavy (non-hydrogen) atoms. The van der Waals surface area contributed by atoms with Crippen LogP contribution in [0.15, 0.2) is 0 Å². The predicted octanol–water partition coefficient (Wildman–Crippen LogP) is -7.73. The topological polar surface area (TPSA) is 413 Å². The molecule has 0 saturated carbocycles.